The lowest BCUT2D eigenvalue weighted by Crippen LogP contribution is -2.54. The minimum absolute atomic E-state index is 0.722. The van der Waals surface area contributed by atoms with E-state index in [0.29, 0.717) is 0 Å². The first kappa shape index (κ1) is 16.7. The molecule has 128 valence electrons. The highest BCUT2D eigenvalue weighted by Crippen LogP contribution is 2.52. The van der Waals surface area contributed by atoms with Crippen LogP contribution < -0.4 is 0 Å². The van der Waals surface area contributed by atoms with Gasteiger partial charge in [-0.1, -0.05) is 0 Å². The van der Waals surface area contributed by atoms with Gasteiger partial charge < -0.3 is 9.80 Å². The zero-order chi connectivity index (χ0) is 15.7. The molecule has 0 aromatic heterocycles. The molecular formula is C19H37N3. The maximum Gasteiger partial charge on any atom is 0.0113 e. The summed E-state index contributed by atoms with van der Waals surface area (Å²) in [5, 5.41) is 0. The Balaban J connectivity index is 1.36. The van der Waals surface area contributed by atoms with Gasteiger partial charge >= 0.3 is 0 Å². The Bertz CT molecular complexity index is 339. The summed E-state index contributed by atoms with van der Waals surface area (Å²) in [5.41, 5.74) is 0.746. The van der Waals surface area contributed by atoms with Crippen molar-refractivity contribution in [2.75, 3.05) is 45.8 Å². The van der Waals surface area contributed by atoms with E-state index in [9.17, 15) is 0 Å². The average molecular weight is 308 g/mol. The van der Waals surface area contributed by atoms with Crippen LogP contribution in [0.5, 0.6) is 0 Å². The molecule has 2 heterocycles. The van der Waals surface area contributed by atoms with E-state index in [1.807, 2.05) is 0 Å². The van der Waals surface area contributed by atoms with Crippen molar-refractivity contribution in [1.29, 1.82) is 0 Å². The molecule has 1 aliphatic carbocycles. The molecule has 0 bridgehead atoms. The second-order valence-electron chi connectivity index (χ2n) is 8.83. The fraction of sp³-hybridized carbons (Fsp3) is 1.00. The normalized spacial score (nSPS) is 28.6. The number of hydrogen-bond acceptors (Lipinski definition) is 3. The van der Waals surface area contributed by atoms with Crippen LogP contribution in [0.2, 0.25) is 0 Å². The van der Waals surface area contributed by atoms with Crippen molar-refractivity contribution in [3.63, 3.8) is 0 Å². The van der Waals surface area contributed by atoms with Crippen molar-refractivity contribution in [2.24, 2.45) is 11.3 Å². The van der Waals surface area contributed by atoms with Crippen molar-refractivity contribution < 1.29 is 0 Å². The molecule has 2 saturated heterocycles. The molecule has 1 saturated carbocycles. The zero-order valence-corrected chi connectivity index (χ0v) is 15.4. The van der Waals surface area contributed by atoms with Gasteiger partial charge in [0.15, 0.2) is 0 Å². The van der Waals surface area contributed by atoms with Crippen molar-refractivity contribution in [1.82, 2.24) is 14.7 Å². The molecule has 3 aliphatic rings. The largest absolute Gasteiger partial charge is 0.301 e. The molecular weight excluding hydrogens is 270 g/mol. The summed E-state index contributed by atoms with van der Waals surface area (Å²) in [6.45, 7) is 18.6. The predicted molar refractivity (Wildman–Crippen MR) is 94.2 cm³/mol. The van der Waals surface area contributed by atoms with Gasteiger partial charge in [-0.3, -0.25) is 4.90 Å². The third kappa shape index (κ3) is 3.68. The lowest BCUT2D eigenvalue weighted by molar-refractivity contribution is -0.0369. The molecule has 0 N–H and O–H groups in total. The van der Waals surface area contributed by atoms with Gasteiger partial charge in [-0.15, -0.1) is 0 Å². The number of hydrogen-bond donors (Lipinski definition) is 0. The first-order valence-electron chi connectivity index (χ1n) is 9.68. The van der Waals surface area contributed by atoms with E-state index in [1.165, 1.54) is 71.5 Å². The van der Waals surface area contributed by atoms with Gasteiger partial charge in [0.1, 0.15) is 0 Å². The molecule has 0 amide bonds. The lowest BCUT2D eigenvalue weighted by Gasteiger charge is -2.54. The Kier molecular flexibility index (Phi) is 5.16. The molecule has 0 aromatic rings. The molecule has 3 fully saturated rings. The predicted octanol–water partition coefficient (Wildman–Crippen LogP) is 2.91. The van der Waals surface area contributed by atoms with E-state index in [-0.39, 0.29) is 0 Å². The molecule has 3 heteroatoms. The summed E-state index contributed by atoms with van der Waals surface area (Å²) >= 11 is 0. The quantitative estimate of drug-likeness (QED) is 0.791. The Morgan fingerprint density at radius 2 is 1.27 bits per heavy atom. The zero-order valence-electron chi connectivity index (χ0n) is 15.4. The molecule has 22 heavy (non-hydrogen) atoms. The van der Waals surface area contributed by atoms with Gasteiger partial charge in [0.25, 0.3) is 0 Å². The molecule has 0 aromatic carbocycles. The van der Waals surface area contributed by atoms with Gasteiger partial charge in [0, 0.05) is 44.8 Å². The molecule has 0 unspecified atom stereocenters. The van der Waals surface area contributed by atoms with Crippen LogP contribution in [0.15, 0.2) is 0 Å². The highest BCUT2D eigenvalue weighted by Gasteiger charge is 2.46. The van der Waals surface area contributed by atoms with Crippen molar-refractivity contribution in [3.05, 3.63) is 0 Å². The number of piperazine rings is 1. The highest BCUT2D eigenvalue weighted by molar-refractivity contribution is 4.98. The standard InChI is InChI=1S/C19H37N3/c1-16(2)21-7-5-19(6-8-21)13-18(14-19)15-20-9-11-22(12-10-20)17(3)4/h16-18H,5-15H2,1-4H3. The molecule has 0 atom stereocenters. The number of nitrogens with zero attached hydrogens (tertiary/aromatic N) is 3. The van der Waals surface area contributed by atoms with E-state index >= 15 is 0 Å². The second-order valence-corrected chi connectivity index (χ2v) is 8.83. The summed E-state index contributed by atoms with van der Waals surface area (Å²) < 4.78 is 0. The van der Waals surface area contributed by atoms with Crippen molar-refractivity contribution in [2.45, 2.75) is 65.5 Å². The van der Waals surface area contributed by atoms with Crippen LogP contribution in [0.4, 0.5) is 0 Å². The summed E-state index contributed by atoms with van der Waals surface area (Å²) in [5.74, 6) is 0.996. The Morgan fingerprint density at radius 3 is 1.77 bits per heavy atom. The van der Waals surface area contributed by atoms with Gasteiger partial charge in [-0.25, -0.2) is 0 Å². The van der Waals surface area contributed by atoms with E-state index in [1.54, 1.807) is 0 Å². The Labute approximate surface area is 138 Å². The van der Waals surface area contributed by atoms with Crippen molar-refractivity contribution >= 4 is 0 Å². The number of likely N-dealkylation sites (tertiary alicyclic amines) is 1. The van der Waals surface area contributed by atoms with E-state index < -0.39 is 0 Å². The monoisotopic (exact) mass is 307 g/mol. The van der Waals surface area contributed by atoms with Gasteiger partial charge in [0.2, 0.25) is 0 Å². The van der Waals surface area contributed by atoms with Crippen LogP contribution in [0, 0.1) is 11.3 Å². The Hall–Kier alpha value is -0.120. The van der Waals surface area contributed by atoms with E-state index in [4.69, 9.17) is 0 Å². The van der Waals surface area contributed by atoms with Gasteiger partial charge in [-0.05, 0) is 77.8 Å². The summed E-state index contributed by atoms with van der Waals surface area (Å²) in [6, 6.07) is 1.46. The first-order valence-corrected chi connectivity index (χ1v) is 9.68. The number of piperidine rings is 1. The maximum atomic E-state index is 2.74. The van der Waals surface area contributed by atoms with Crippen molar-refractivity contribution in [3.8, 4) is 0 Å². The third-order valence-electron chi connectivity index (χ3n) is 6.69. The smallest absolute Gasteiger partial charge is 0.0113 e. The molecule has 0 radical (unpaired) electrons. The summed E-state index contributed by atoms with van der Waals surface area (Å²) in [4.78, 5) is 8.03. The van der Waals surface area contributed by atoms with Crippen LogP contribution >= 0.6 is 0 Å². The SMILES string of the molecule is CC(C)N1CCN(CC2CC3(CCN(C(C)C)CC3)C2)CC1. The topological polar surface area (TPSA) is 9.72 Å². The van der Waals surface area contributed by atoms with Gasteiger partial charge in [-0.2, -0.15) is 0 Å². The summed E-state index contributed by atoms with van der Waals surface area (Å²) in [7, 11) is 0. The Morgan fingerprint density at radius 1 is 0.773 bits per heavy atom. The third-order valence-corrected chi connectivity index (χ3v) is 6.69. The van der Waals surface area contributed by atoms with Crippen LogP contribution in [-0.4, -0.2) is 72.6 Å². The maximum absolute atomic E-state index is 2.74. The van der Waals surface area contributed by atoms with E-state index in [0.717, 1.165) is 23.4 Å². The summed E-state index contributed by atoms with van der Waals surface area (Å²) in [6.07, 6.45) is 5.96. The molecule has 3 nitrogen and oxygen atoms in total. The fourth-order valence-corrected chi connectivity index (χ4v) is 5.04. The molecule has 1 spiro atoms. The van der Waals surface area contributed by atoms with Crippen LogP contribution in [0.25, 0.3) is 0 Å². The van der Waals surface area contributed by atoms with Crippen LogP contribution in [0.3, 0.4) is 0 Å². The van der Waals surface area contributed by atoms with Crippen LogP contribution in [-0.2, 0) is 0 Å². The average Bonchev–Trinajstić information content (AvgIpc) is 2.46. The van der Waals surface area contributed by atoms with Gasteiger partial charge in [0.05, 0.1) is 0 Å². The first-order chi connectivity index (χ1) is 10.5. The molecule has 2 aliphatic heterocycles. The number of rotatable bonds is 4. The van der Waals surface area contributed by atoms with Crippen LogP contribution in [0.1, 0.15) is 53.4 Å². The second kappa shape index (κ2) is 6.78. The minimum Gasteiger partial charge on any atom is -0.301 e. The van der Waals surface area contributed by atoms with E-state index in [2.05, 4.69) is 42.4 Å². The lowest BCUT2D eigenvalue weighted by atomic mass is 9.57. The molecule has 3 rings (SSSR count). The minimum atomic E-state index is 0.722. The fourth-order valence-electron chi connectivity index (χ4n) is 5.04. The highest BCUT2D eigenvalue weighted by atomic mass is 15.3.